The van der Waals surface area contributed by atoms with E-state index in [2.05, 4.69) is 22.7 Å². The zero-order valence-electron chi connectivity index (χ0n) is 9.36. The zero-order chi connectivity index (χ0) is 12.0. The van der Waals surface area contributed by atoms with Crippen LogP contribution in [0.3, 0.4) is 0 Å². The molecule has 1 aromatic heterocycles. The standard InChI is InChI=1S/C10H16N4OS/c1-7(16-2)5-13-10(15)8-3-4-9(14-11)12-6-8/h3-4,6-7H,5,11H2,1-2H3,(H,12,14)(H,13,15). The molecule has 1 amide bonds. The van der Waals surface area contributed by atoms with Crippen molar-refractivity contribution in [3.63, 3.8) is 0 Å². The molecule has 0 aliphatic heterocycles. The van der Waals surface area contributed by atoms with Gasteiger partial charge in [0, 0.05) is 18.0 Å². The molecule has 4 N–H and O–H groups in total. The number of hydrogen-bond donors (Lipinski definition) is 3. The van der Waals surface area contributed by atoms with Crippen molar-refractivity contribution < 1.29 is 4.79 Å². The van der Waals surface area contributed by atoms with E-state index in [-0.39, 0.29) is 5.91 Å². The molecule has 1 heterocycles. The van der Waals surface area contributed by atoms with Crippen LogP contribution in [0, 0.1) is 0 Å². The lowest BCUT2D eigenvalue weighted by molar-refractivity contribution is 0.0954. The highest BCUT2D eigenvalue weighted by Crippen LogP contribution is 2.05. The van der Waals surface area contributed by atoms with Crippen LogP contribution in [0.4, 0.5) is 5.82 Å². The molecule has 0 radical (unpaired) electrons. The lowest BCUT2D eigenvalue weighted by Gasteiger charge is -2.09. The summed E-state index contributed by atoms with van der Waals surface area (Å²) < 4.78 is 0. The van der Waals surface area contributed by atoms with Crippen molar-refractivity contribution in [1.82, 2.24) is 10.3 Å². The van der Waals surface area contributed by atoms with Crippen LogP contribution in [0.2, 0.25) is 0 Å². The minimum atomic E-state index is -0.114. The van der Waals surface area contributed by atoms with Crippen LogP contribution < -0.4 is 16.6 Å². The van der Waals surface area contributed by atoms with Crippen molar-refractivity contribution >= 4 is 23.5 Å². The maximum atomic E-state index is 11.7. The van der Waals surface area contributed by atoms with Crippen molar-refractivity contribution in [2.45, 2.75) is 12.2 Å². The molecule has 0 aliphatic rings. The first-order valence-corrected chi connectivity index (χ1v) is 6.19. The molecule has 0 spiro atoms. The molecule has 88 valence electrons. The Labute approximate surface area is 99.2 Å². The number of thioether (sulfide) groups is 1. The number of aromatic nitrogens is 1. The average molecular weight is 240 g/mol. The van der Waals surface area contributed by atoms with Gasteiger partial charge in [0.15, 0.2) is 0 Å². The summed E-state index contributed by atoms with van der Waals surface area (Å²) in [5.74, 6) is 5.60. The number of amides is 1. The minimum absolute atomic E-state index is 0.114. The summed E-state index contributed by atoms with van der Waals surface area (Å²) >= 11 is 1.71. The van der Waals surface area contributed by atoms with Crippen LogP contribution >= 0.6 is 11.8 Å². The predicted octanol–water partition coefficient (Wildman–Crippen LogP) is 0.849. The quantitative estimate of drug-likeness (QED) is 0.525. The summed E-state index contributed by atoms with van der Waals surface area (Å²) in [5, 5.41) is 3.24. The molecule has 0 aliphatic carbocycles. The molecule has 6 heteroatoms. The number of hydrazine groups is 1. The Bertz CT molecular complexity index is 341. The number of nitrogen functional groups attached to an aromatic ring is 1. The van der Waals surface area contributed by atoms with Crippen molar-refractivity contribution in [3.05, 3.63) is 23.9 Å². The van der Waals surface area contributed by atoms with Gasteiger partial charge in [-0.15, -0.1) is 0 Å². The lowest BCUT2D eigenvalue weighted by Crippen LogP contribution is -2.29. The Morgan fingerprint density at radius 3 is 2.88 bits per heavy atom. The number of pyridine rings is 1. The van der Waals surface area contributed by atoms with Gasteiger partial charge in [0.1, 0.15) is 5.82 Å². The van der Waals surface area contributed by atoms with Crippen molar-refractivity contribution in [1.29, 1.82) is 0 Å². The third-order valence-corrected chi connectivity index (χ3v) is 3.10. The highest BCUT2D eigenvalue weighted by atomic mass is 32.2. The zero-order valence-corrected chi connectivity index (χ0v) is 10.2. The Morgan fingerprint density at radius 2 is 2.38 bits per heavy atom. The summed E-state index contributed by atoms with van der Waals surface area (Å²) in [6, 6.07) is 3.34. The first-order chi connectivity index (χ1) is 7.67. The van der Waals surface area contributed by atoms with Gasteiger partial charge in [0.25, 0.3) is 5.91 Å². The van der Waals surface area contributed by atoms with Crippen LogP contribution in [0.1, 0.15) is 17.3 Å². The molecule has 0 aromatic carbocycles. The van der Waals surface area contributed by atoms with E-state index in [1.807, 2.05) is 6.26 Å². The fourth-order valence-corrected chi connectivity index (χ4v) is 1.29. The maximum absolute atomic E-state index is 11.7. The summed E-state index contributed by atoms with van der Waals surface area (Å²) in [7, 11) is 0. The molecule has 0 fully saturated rings. The molecule has 0 saturated carbocycles. The van der Waals surface area contributed by atoms with E-state index in [4.69, 9.17) is 5.84 Å². The molecule has 0 saturated heterocycles. The predicted molar refractivity (Wildman–Crippen MR) is 67.4 cm³/mol. The van der Waals surface area contributed by atoms with Crippen LogP contribution in [0.15, 0.2) is 18.3 Å². The molecule has 5 nitrogen and oxygen atoms in total. The van der Waals surface area contributed by atoms with Crippen LogP contribution in [0.5, 0.6) is 0 Å². The average Bonchev–Trinajstić information content (AvgIpc) is 2.35. The molecule has 1 unspecified atom stereocenters. The maximum Gasteiger partial charge on any atom is 0.252 e. The largest absolute Gasteiger partial charge is 0.351 e. The Hall–Kier alpha value is -1.27. The normalized spacial score (nSPS) is 11.9. The number of carbonyl (C=O) groups excluding carboxylic acids is 1. The summed E-state index contributed by atoms with van der Waals surface area (Å²) in [6.45, 7) is 2.71. The van der Waals surface area contributed by atoms with Gasteiger partial charge in [0.05, 0.1) is 5.56 Å². The highest BCUT2D eigenvalue weighted by Gasteiger charge is 2.07. The van der Waals surface area contributed by atoms with Gasteiger partial charge < -0.3 is 10.7 Å². The summed E-state index contributed by atoms with van der Waals surface area (Å²) in [5.41, 5.74) is 2.94. The first-order valence-electron chi connectivity index (χ1n) is 4.91. The third-order valence-electron chi connectivity index (χ3n) is 2.13. The van der Waals surface area contributed by atoms with E-state index in [1.165, 1.54) is 6.20 Å². The van der Waals surface area contributed by atoms with Crippen LogP contribution in [0.25, 0.3) is 0 Å². The fourth-order valence-electron chi connectivity index (χ4n) is 1.04. The SMILES string of the molecule is CSC(C)CNC(=O)c1ccc(NN)nc1. The number of nitrogens with two attached hydrogens (primary N) is 1. The fraction of sp³-hybridized carbons (Fsp3) is 0.400. The number of anilines is 1. The topological polar surface area (TPSA) is 80.0 Å². The monoisotopic (exact) mass is 240 g/mol. The molecule has 1 atom stereocenters. The van der Waals surface area contributed by atoms with E-state index in [0.29, 0.717) is 23.2 Å². The number of rotatable bonds is 5. The van der Waals surface area contributed by atoms with Gasteiger partial charge in [-0.05, 0) is 18.4 Å². The van der Waals surface area contributed by atoms with Crippen molar-refractivity contribution in [3.8, 4) is 0 Å². The van der Waals surface area contributed by atoms with E-state index in [0.717, 1.165) is 0 Å². The van der Waals surface area contributed by atoms with E-state index >= 15 is 0 Å². The van der Waals surface area contributed by atoms with Gasteiger partial charge in [-0.2, -0.15) is 11.8 Å². The van der Waals surface area contributed by atoms with E-state index in [9.17, 15) is 4.79 Å². The number of hydrogen-bond acceptors (Lipinski definition) is 5. The second kappa shape index (κ2) is 6.34. The molecule has 0 bridgehead atoms. The molecule has 1 rings (SSSR count). The molecule has 1 aromatic rings. The van der Waals surface area contributed by atoms with E-state index in [1.54, 1.807) is 23.9 Å². The lowest BCUT2D eigenvalue weighted by atomic mass is 10.2. The number of carbonyl (C=O) groups is 1. The molecular weight excluding hydrogens is 224 g/mol. The van der Waals surface area contributed by atoms with Crippen LogP contribution in [-0.2, 0) is 0 Å². The van der Waals surface area contributed by atoms with Gasteiger partial charge in [-0.1, -0.05) is 6.92 Å². The van der Waals surface area contributed by atoms with Crippen molar-refractivity contribution in [2.24, 2.45) is 5.84 Å². The van der Waals surface area contributed by atoms with Gasteiger partial charge in [-0.25, -0.2) is 10.8 Å². The van der Waals surface area contributed by atoms with Gasteiger partial charge in [-0.3, -0.25) is 4.79 Å². The smallest absolute Gasteiger partial charge is 0.252 e. The second-order valence-corrected chi connectivity index (χ2v) is 4.61. The molecule has 16 heavy (non-hydrogen) atoms. The third kappa shape index (κ3) is 3.71. The number of nitrogens with zero attached hydrogens (tertiary/aromatic N) is 1. The number of nitrogens with one attached hydrogen (secondary N) is 2. The first kappa shape index (κ1) is 12.8. The Kier molecular flexibility index (Phi) is 5.07. The molecular formula is C10H16N4OS. The van der Waals surface area contributed by atoms with Gasteiger partial charge in [0.2, 0.25) is 0 Å². The van der Waals surface area contributed by atoms with Crippen LogP contribution in [-0.4, -0.2) is 28.9 Å². The van der Waals surface area contributed by atoms with Gasteiger partial charge >= 0.3 is 0 Å². The summed E-state index contributed by atoms with van der Waals surface area (Å²) in [6.07, 6.45) is 3.51. The Morgan fingerprint density at radius 1 is 1.62 bits per heavy atom. The van der Waals surface area contributed by atoms with Crippen molar-refractivity contribution in [2.75, 3.05) is 18.2 Å². The highest BCUT2D eigenvalue weighted by molar-refractivity contribution is 7.99. The van der Waals surface area contributed by atoms with E-state index < -0.39 is 0 Å². The minimum Gasteiger partial charge on any atom is -0.351 e. The summed E-state index contributed by atoms with van der Waals surface area (Å²) in [4.78, 5) is 15.6. The second-order valence-electron chi connectivity index (χ2n) is 3.33. The Balaban J connectivity index is 2.52.